The van der Waals surface area contributed by atoms with Crippen molar-refractivity contribution in [2.45, 2.75) is 19.2 Å². The number of hydrogen-bond donors (Lipinski definition) is 1. The van der Waals surface area contributed by atoms with Crippen molar-refractivity contribution >= 4 is 17.3 Å². The summed E-state index contributed by atoms with van der Waals surface area (Å²) in [6.07, 6.45) is -2.69. The minimum atomic E-state index is -4.51. The normalized spacial score (nSPS) is 12.9. The molecule has 0 spiro atoms. The van der Waals surface area contributed by atoms with Gasteiger partial charge in [-0.25, -0.2) is 4.98 Å². The van der Waals surface area contributed by atoms with E-state index in [1.165, 1.54) is 6.20 Å². The van der Waals surface area contributed by atoms with E-state index in [-0.39, 0.29) is 16.9 Å². The van der Waals surface area contributed by atoms with Gasteiger partial charge >= 0.3 is 6.18 Å². The molecule has 130 valence electrons. The number of aromatic nitrogens is 3. The molecule has 0 radical (unpaired) electrons. The lowest BCUT2D eigenvalue weighted by atomic mass is 10.3. The van der Waals surface area contributed by atoms with Crippen LogP contribution in [0, 0.1) is 0 Å². The molecular formula is C14H14ClF3N4O2. The Bertz CT molecular complexity index is 762. The zero-order chi connectivity index (χ0) is 17.9. The third-order valence-corrected chi connectivity index (χ3v) is 3.56. The number of anilines is 1. The van der Waals surface area contributed by atoms with Gasteiger partial charge in [0.1, 0.15) is 5.02 Å². The molecule has 1 atom stereocenters. The van der Waals surface area contributed by atoms with Crippen LogP contribution in [0.3, 0.4) is 0 Å². The Morgan fingerprint density at radius 3 is 2.62 bits per heavy atom. The summed E-state index contributed by atoms with van der Waals surface area (Å²) in [5.74, 6) is -0.0632. The highest BCUT2D eigenvalue weighted by Gasteiger charge is 2.30. The lowest BCUT2D eigenvalue weighted by Gasteiger charge is -2.13. The molecule has 2 aromatic heterocycles. The van der Waals surface area contributed by atoms with Crippen LogP contribution in [0.5, 0.6) is 0 Å². The molecule has 10 heteroatoms. The number of nitrogens with zero attached hydrogens (tertiary/aromatic N) is 3. The third kappa shape index (κ3) is 4.04. The number of methoxy groups -OCH3 is 1. The Labute approximate surface area is 140 Å². The number of pyridine rings is 1. The number of alkyl halides is 3. The summed E-state index contributed by atoms with van der Waals surface area (Å²) in [6.45, 7) is 2.22. The fourth-order valence-electron chi connectivity index (χ4n) is 1.74. The first-order chi connectivity index (χ1) is 11.2. The molecule has 0 saturated heterocycles. The molecule has 0 aliphatic carbocycles. The minimum absolute atomic E-state index is 0.0632. The number of ether oxygens (including phenoxy) is 1. The standard InChI is InChI=1S/C14H14ClF3N4O2/c1-8(24-2)5-19-10-7-21-22(13(23)12(10)15)11-4-3-9(6-20-11)14(16,17)18/h3-4,6-8,19H,5H2,1-2H3. The van der Waals surface area contributed by atoms with Crippen LogP contribution in [0.25, 0.3) is 5.82 Å². The molecule has 2 rings (SSSR count). The van der Waals surface area contributed by atoms with Gasteiger partial charge in [0, 0.05) is 19.9 Å². The third-order valence-electron chi connectivity index (χ3n) is 3.19. The number of nitrogens with one attached hydrogen (secondary N) is 1. The molecule has 0 aliphatic heterocycles. The maximum atomic E-state index is 12.5. The average Bonchev–Trinajstić information content (AvgIpc) is 2.55. The van der Waals surface area contributed by atoms with Crippen molar-refractivity contribution < 1.29 is 17.9 Å². The summed E-state index contributed by atoms with van der Waals surface area (Å²) in [4.78, 5) is 15.8. The van der Waals surface area contributed by atoms with E-state index in [2.05, 4.69) is 15.4 Å². The monoisotopic (exact) mass is 362 g/mol. The van der Waals surface area contributed by atoms with E-state index in [4.69, 9.17) is 16.3 Å². The lowest BCUT2D eigenvalue weighted by Crippen LogP contribution is -2.25. The Balaban J connectivity index is 2.29. The predicted molar refractivity (Wildman–Crippen MR) is 82.6 cm³/mol. The molecule has 0 fully saturated rings. The van der Waals surface area contributed by atoms with Crippen LogP contribution in [0.1, 0.15) is 12.5 Å². The summed E-state index contributed by atoms with van der Waals surface area (Å²) in [6, 6.07) is 1.87. The van der Waals surface area contributed by atoms with Gasteiger partial charge in [-0.2, -0.15) is 23.0 Å². The summed E-state index contributed by atoms with van der Waals surface area (Å²) < 4.78 is 43.5. The molecule has 0 amide bonds. The lowest BCUT2D eigenvalue weighted by molar-refractivity contribution is -0.137. The van der Waals surface area contributed by atoms with Crippen molar-refractivity contribution in [2.75, 3.05) is 19.0 Å². The first-order valence-electron chi connectivity index (χ1n) is 6.82. The topological polar surface area (TPSA) is 69.0 Å². The fourth-order valence-corrected chi connectivity index (χ4v) is 1.93. The Hall–Kier alpha value is -2.13. The molecule has 0 saturated carbocycles. The molecule has 24 heavy (non-hydrogen) atoms. The van der Waals surface area contributed by atoms with Gasteiger partial charge in [0.05, 0.1) is 23.6 Å². The molecular weight excluding hydrogens is 349 g/mol. The molecule has 1 unspecified atom stereocenters. The molecule has 0 bridgehead atoms. The van der Waals surface area contributed by atoms with Gasteiger partial charge in [-0.3, -0.25) is 4.79 Å². The van der Waals surface area contributed by atoms with E-state index >= 15 is 0 Å². The largest absolute Gasteiger partial charge is 0.417 e. The maximum Gasteiger partial charge on any atom is 0.417 e. The van der Waals surface area contributed by atoms with Crippen LogP contribution < -0.4 is 10.9 Å². The summed E-state index contributed by atoms with van der Waals surface area (Å²) in [7, 11) is 1.54. The smallest absolute Gasteiger partial charge is 0.380 e. The van der Waals surface area contributed by atoms with Gasteiger partial charge < -0.3 is 10.1 Å². The Kier molecular flexibility index (Phi) is 5.45. The van der Waals surface area contributed by atoms with E-state index in [0.717, 1.165) is 16.8 Å². The Morgan fingerprint density at radius 1 is 1.38 bits per heavy atom. The van der Waals surface area contributed by atoms with Crippen LogP contribution in [-0.2, 0) is 10.9 Å². The first kappa shape index (κ1) is 18.2. The molecule has 1 N–H and O–H groups in total. The van der Waals surface area contributed by atoms with Crippen molar-refractivity contribution in [3.8, 4) is 5.82 Å². The Morgan fingerprint density at radius 2 is 2.08 bits per heavy atom. The van der Waals surface area contributed by atoms with Gasteiger partial charge in [0.15, 0.2) is 5.82 Å². The minimum Gasteiger partial charge on any atom is -0.380 e. The average molecular weight is 363 g/mol. The number of rotatable bonds is 5. The zero-order valence-corrected chi connectivity index (χ0v) is 13.5. The highest BCUT2D eigenvalue weighted by molar-refractivity contribution is 6.32. The van der Waals surface area contributed by atoms with Gasteiger partial charge in [0.25, 0.3) is 5.56 Å². The summed E-state index contributed by atoms with van der Waals surface area (Å²) >= 11 is 5.99. The van der Waals surface area contributed by atoms with Crippen molar-refractivity contribution in [3.05, 3.63) is 45.5 Å². The second kappa shape index (κ2) is 7.18. The second-order valence-corrected chi connectivity index (χ2v) is 5.30. The summed E-state index contributed by atoms with van der Waals surface area (Å²) in [5, 5.41) is 6.64. The highest BCUT2D eigenvalue weighted by atomic mass is 35.5. The molecule has 2 heterocycles. The quantitative estimate of drug-likeness (QED) is 0.885. The first-order valence-corrected chi connectivity index (χ1v) is 7.20. The molecule has 2 aromatic rings. The van der Waals surface area contributed by atoms with Gasteiger partial charge in [0.2, 0.25) is 0 Å². The fraction of sp³-hybridized carbons (Fsp3) is 0.357. The summed E-state index contributed by atoms with van der Waals surface area (Å²) in [5.41, 5.74) is -1.31. The van der Waals surface area contributed by atoms with E-state index in [9.17, 15) is 18.0 Å². The molecule has 0 aliphatic rings. The van der Waals surface area contributed by atoms with E-state index < -0.39 is 17.3 Å². The number of halogens is 4. The van der Waals surface area contributed by atoms with Crippen LogP contribution in [0.15, 0.2) is 29.3 Å². The highest BCUT2D eigenvalue weighted by Crippen LogP contribution is 2.28. The number of hydrogen-bond acceptors (Lipinski definition) is 5. The van der Waals surface area contributed by atoms with Crippen LogP contribution >= 0.6 is 11.6 Å². The van der Waals surface area contributed by atoms with Crippen molar-refractivity contribution in [2.24, 2.45) is 0 Å². The van der Waals surface area contributed by atoms with Gasteiger partial charge in [-0.15, -0.1) is 0 Å². The predicted octanol–water partition coefficient (Wildman–Crippen LogP) is 2.75. The maximum absolute atomic E-state index is 12.5. The van der Waals surface area contributed by atoms with Crippen molar-refractivity contribution in [1.82, 2.24) is 14.8 Å². The molecule has 6 nitrogen and oxygen atoms in total. The zero-order valence-electron chi connectivity index (χ0n) is 12.8. The van der Waals surface area contributed by atoms with Crippen LogP contribution in [0.2, 0.25) is 5.02 Å². The van der Waals surface area contributed by atoms with Gasteiger partial charge in [-0.05, 0) is 19.1 Å². The second-order valence-electron chi connectivity index (χ2n) is 4.92. The van der Waals surface area contributed by atoms with Gasteiger partial charge in [-0.1, -0.05) is 11.6 Å². The van der Waals surface area contributed by atoms with Crippen molar-refractivity contribution in [1.29, 1.82) is 0 Å². The SMILES string of the molecule is COC(C)CNc1cnn(-c2ccc(C(F)(F)F)cn2)c(=O)c1Cl. The van der Waals surface area contributed by atoms with E-state index in [1.54, 1.807) is 7.11 Å². The van der Waals surface area contributed by atoms with Crippen LogP contribution in [0.4, 0.5) is 18.9 Å². The van der Waals surface area contributed by atoms with Crippen molar-refractivity contribution in [3.63, 3.8) is 0 Å². The van der Waals surface area contributed by atoms with E-state index in [0.29, 0.717) is 18.4 Å². The van der Waals surface area contributed by atoms with Crippen LogP contribution in [-0.4, -0.2) is 34.5 Å². The van der Waals surface area contributed by atoms with E-state index in [1.807, 2.05) is 6.92 Å². The molecule has 0 aromatic carbocycles.